The first-order valence-corrected chi connectivity index (χ1v) is 7.52. The lowest BCUT2D eigenvalue weighted by molar-refractivity contribution is -0.925. The maximum atomic E-state index is 5.75. The van der Waals surface area contributed by atoms with Gasteiger partial charge >= 0.3 is 0 Å². The van der Waals surface area contributed by atoms with Crippen LogP contribution in [0.5, 0.6) is 5.75 Å². The molecule has 0 saturated heterocycles. The Kier molecular flexibility index (Phi) is 6.04. The van der Waals surface area contributed by atoms with E-state index in [1.54, 1.807) is 6.08 Å². The first-order chi connectivity index (χ1) is 10.3. The number of para-hydroxylation sites is 1. The first kappa shape index (κ1) is 15.3. The molecule has 0 aliphatic rings. The van der Waals surface area contributed by atoms with Crippen molar-refractivity contribution in [2.45, 2.75) is 20.0 Å². The van der Waals surface area contributed by atoms with Crippen molar-refractivity contribution >= 4 is 0 Å². The van der Waals surface area contributed by atoms with Crippen molar-refractivity contribution in [2.75, 3.05) is 13.2 Å². The number of nitrogens with one attached hydrogen (secondary N) is 1. The summed E-state index contributed by atoms with van der Waals surface area (Å²) in [5.41, 5.74) is 2.63. The number of rotatable bonds is 8. The third-order valence-corrected chi connectivity index (χ3v) is 3.57. The molecule has 0 fully saturated rings. The second kappa shape index (κ2) is 8.28. The molecule has 2 rings (SSSR count). The van der Waals surface area contributed by atoms with Crippen LogP contribution in [0, 0.1) is 0 Å². The molecule has 2 nitrogen and oxygen atoms in total. The Labute approximate surface area is 127 Å². The van der Waals surface area contributed by atoms with Gasteiger partial charge in [0.2, 0.25) is 0 Å². The van der Waals surface area contributed by atoms with Crippen molar-refractivity contribution in [1.82, 2.24) is 0 Å². The fourth-order valence-corrected chi connectivity index (χ4v) is 2.41. The van der Waals surface area contributed by atoms with E-state index in [1.165, 1.54) is 16.0 Å². The van der Waals surface area contributed by atoms with Crippen molar-refractivity contribution in [1.29, 1.82) is 0 Å². The summed E-state index contributed by atoms with van der Waals surface area (Å²) >= 11 is 0. The average molecular weight is 282 g/mol. The standard InChI is InChI=1S/C19H23NO/c1-3-14-21-19-13-9-8-12-18(19)16-20(4-2)15-17-10-6-5-7-11-17/h3,5-13H,1,4,14-16H2,2H3/p+1. The van der Waals surface area contributed by atoms with E-state index in [2.05, 4.69) is 56.0 Å². The molecule has 0 aromatic heterocycles. The molecule has 0 radical (unpaired) electrons. The zero-order chi connectivity index (χ0) is 14.9. The molecule has 1 atom stereocenters. The maximum absolute atomic E-state index is 5.75. The van der Waals surface area contributed by atoms with Gasteiger partial charge in [0.05, 0.1) is 6.54 Å². The van der Waals surface area contributed by atoms with Gasteiger partial charge in [-0.25, -0.2) is 0 Å². The Hall–Kier alpha value is -2.06. The van der Waals surface area contributed by atoms with Gasteiger partial charge in [-0.2, -0.15) is 0 Å². The molecule has 21 heavy (non-hydrogen) atoms. The number of hydrogen-bond donors (Lipinski definition) is 1. The minimum absolute atomic E-state index is 0.553. The van der Waals surface area contributed by atoms with E-state index in [1.807, 2.05) is 12.1 Å². The largest absolute Gasteiger partial charge is 0.489 e. The highest BCUT2D eigenvalue weighted by Crippen LogP contribution is 2.16. The molecule has 0 saturated carbocycles. The average Bonchev–Trinajstić information content (AvgIpc) is 2.54. The van der Waals surface area contributed by atoms with Crippen LogP contribution in [-0.4, -0.2) is 13.2 Å². The molecule has 0 aliphatic heterocycles. The van der Waals surface area contributed by atoms with Gasteiger partial charge in [0, 0.05) is 11.1 Å². The van der Waals surface area contributed by atoms with E-state index in [-0.39, 0.29) is 0 Å². The topological polar surface area (TPSA) is 13.7 Å². The van der Waals surface area contributed by atoms with Gasteiger partial charge in [0.25, 0.3) is 0 Å². The summed E-state index contributed by atoms with van der Waals surface area (Å²) in [5, 5.41) is 0. The van der Waals surface area contributed by atoms with E-state index < -0.39 is 0 Å². The van der Waals surface area contributed by atoms with Gasteiger partial charge in [0.1, 0.15) is 25.4 Å². The molecular formula is C19H24NO+. The second-order valence-corrected chi connectivity index (χ2v) is 5.15. The molecule has 2 aromatic rings. The van der Waals surface area contributed by atoms with E-state index in [4.69, 9.17) is 4.74 Å². The number of hydrogen-bond acceptors (Lipinski definition) is 1. The quantitative estimate of drug-likeness (QED) is 0.735. The van der Waals surface area contributed by atoms with Crippen LogP contribution < -0.4 is 9.64 Å². The van der Waals surface area contributed by atoms with Crippen LogP contribution >= 0.6 is 0 Å². The predicted molar refractivity (Wildman–Crippen MR) is 87.5 cm³/mol. The summed E-state index contributed by atoms with van der Waals surface area (Å²) in [5.74, 6) is 0.969. The van der Waals surface area contributed by atoms with Crippen molar-refractivity contribution in [3.63, 3.8) is 0 Å². The minimum atomic E-state index is 0.553. The Bertz CT molecular complexity index is 551. The lowest BCUT2D eigenvalue weighted by Crippen LogP contribution is -3.09. The van der Waals surface area contributed by atoms with Gasteiger partial charge in [-0.15, -0.1) is 0 Å². The summed E-state index contributed by atoms with van der Waals surface area (Å²) in [6.07, 6.45) is 1.78. The molecule has 0 aliphatic carbocycles. The molecular weight excluding hydrogens is 258 g/mol. The van der Waals surface area contributed by atoms with Crippen LogP contribution in [0.4, 0.5) is 0 Å². The monoisotopic (exact) mass is 282 g/mol. The van der Waals surface area contributed by atoms with Crippen LogP contribution in [-0.2, 0) is 13.1 Å². The smallest absolute Gasteiger partial charge is 0.128 e. The maximum Gasteiger partial charge on any atom is 0.128 e. The zero-order valence-corrected chi connectivity index (χ0v) is 12.7. The first-order valence-electron chi connectivity index (χ1n) is 7.52. The van der Waals surface area contributed by atoms with Crippen LogP contribution in [0.2, 0.25) is 0 Å². The lowest BCUT2D eigenvalue weighted by atomic mass is 10.1. The number of quaternary nitrogens is 1. The molecule has 0 spiro atoms. The highest BCUT2D eigenvalue weighted by molar-refractivity contribution is 5.32. The Morgan fingerprint density at radius 1 is 1.00 bits per heavy atom. The van der Waals surface area contributed by atoms with Crippen molar-refractivity contribution in [3.8, 4) is 5.75 Å². The molecule has 0 bridgehead atoms. The fourth-order valence-electron chi connectivity index (χ4n) is 2.41. The predicted octanol–water partition coefficient (Wildman–Crippen LogP) is 2.86. The van der Waals surface area contributed by atoms with E-state index in [0.29, 0.717) is 6.61 Å². The molecule has 110 valence electrons. The van der Waals surface area contributed by atoms with Crippen molar-refractivity contribution in [3.05, 3.63) is 78.4 Å². The molecule has 1 unspecified atom stereocenters. The Morgan fingerprint density at radius 3 is 2.43 bits per heavy atom. The Morgan fingerprint density at radius 2 is 1.71 bits per heavy atom. The molecule has 0 amide bonds. The fraction of sp³-hybridized carbons (Fsp3) is 0.263. The van der Waals surface area contributed by atoms with Crippen LogP contribution in [0.3, 0.4) is 0 Å². The van der Waals surface area contributed by atoms with Crippen molar-refractivity contribution in [2.24, 2.45) is 0 Å². The van der Waals surface area contributed by atoms with Crippen LogP contribution in [0.25, 0.3) is 0 Å². The minimum Gasteiger partial charge on any atom is -0.489 e. The van der Waals surface area contributed by atoms with Gasteiger partial charge in [-0.1, -0.05) is 55.1 Å². The number of ether oxygens (including phenoxy) is 1. The highest BCUT2D eigenvalue weighted by atomic mass is 16.5. The summed E-state index contributed by atoms with van der Waals surface area (Å²) in [4.78, 5) is 1.52. The summed E-state index contributed by atoms with van der Waals surface area (Å²) in [6.45, 7) is 9.58. The normalized spacial score (nSPS) is 11.9. The summed E-state index contributed by atoms with van der Waals surface area (Å²) < 4.78 is 5.75. The summed E-state index contributed by atoms with van der Waals surface area (Å²) in [6, 6.07) is 18.9. The Balaban J connectivity index is 2.06. The molecule has 2 heteroatoms. The van der Waals surface area contributed by atoms with Crippen LogP contribution in [0.1, 0.15) is 18.1 Å². The highest BCUT2D eigenvalue weighted by Gasteiger charge is 2.12. The second-order valence-electron chi connectivity index (χ2n) is 5.15. The number of benzene rings is 2. The van der Waals surface area contributed by atoms with E-state index >= 15 is 0 Å². The zero-order valence-electron chi connectivity index (χ0n) is 12.7. The van der Waals surface area contributed by atoms with Gasteiger partial charge in [-0.3, -0.25) is 0 Å². The van der Waals surface area contributed by atoms with E-state index in [9.17, 15) is 0 Å². The molecule has 0 heterocycles. The third kappa shape index (κ3) is 4.76. The molecule has 2 aromatic carbocycles. The van der Waals surface area contributed by atoms with Gasteiger partial charge in [-0.05, 0) is 19.1 Å². The molecule has 1 N–H and O–H groups in total. The van der Waals surface area contributed by atoms with Crippen LogP contribution in [0.15, 0.2) is 67.3 Å². The van der Waals surface area contributed by atoms with Crippen molar-refractivity contribution < 1.29 is 9.64 Å². The van der Waals surface area contributed by atoms with Gasteiger partial charge < -0.3 is 9.64 Å². The third-order valence-electron chi connectivity index (χ3n) is 3.57. The lowest BCUT2D eigenvalue weighted by Gasteiger charge is -2.19. The SMILES string of the molecule is C=CCOc1ccccc1C[NH+](CC)Cc1ccccc1. The summed E-state index contributed by atoms with van der Waals surface area (Å²) in [7, 11) is 0. The van der Waals surface area contributed by atoms with Gasteiger partial charge in [0.15, 0.2) is 0 Å². The van der Waals surface area contributed by atoms with E-state index in [0.717, 1.165) is 25.4 Å².